The molecular formula is C13H12O5. The van der Waals surface area contributed by atoms with Gasteiger partial charge in [-0.2, -0.15) is 0 Å². The molecule has 0 aliphatic carbocycles. The van der Waals surface area contributed by atoms with Crippen LogP contribution in [0.2, 0.25) is 0 Å². The highest BCUT2D eigenvalue weighted by Gasteiger charge is 2.15. The first kappa shape index (κ1) is 12.2. The van der Waals surface area contributed by atoms with Crippen LogP contribution in [-0.2, 0) is 4.74 Å². The first-order chi connectivity index (χ1) is 8.52. The highest BCUT2D eigenvalue weighted by Crippen LogP contribution is 2.23. The maximum atomic E-state index is 11.6. The number of rotatable bonds is 2. The molecule has 18 heavy (non-hydrogen) atoms. The molecule has 5 heteroatoms. The topological polar surface area (TPSA) is 76.7 Å². The largest absolute Gasteiger partial charge is 0.508 e. The molecule has 0 aliphatic rings. The summed E-state index contributed by atoms with van der Waals surface area (Å²) in [4.78, 5) is 23.2. The predicted molar refractivity (Wildman–Crippen MR) is 64.8 cm³/mol. The molecule has 0 spiro atoms. The molecule has 0 aliphatic heterocycles. The summed E-state index contributed by atoms with van der Waals surface area (Å²) in [6.07, 6.45) is 0. The van der Waals surface area contributed by atoms with Gasteiger partial charge < -0.3 is 14.3 Å². The average molecular weight is 248 g/mol. The molecule has 0 unspecified atom stereocenters. The molecule has 0 fully saturated rings. The number of aromatic hydroxyl groups is 1. The fourth-order valence-corrected chi connectivity index (χ4v) is 1.73. The first-order valence-corrected chi connectivity index (χ1v) is 5.47. The monoisotopic (exact) mass is 248 g/mol. The van der Waals surface area contributed by atoms with E-state index in [9.17, 15) is 14.7 Å². The van der Waals surface area contributed by atoms with E-state index in [1.54, 1.807) is 13.8 Å². The fraction of sp³-hybridized carbons (Fsp3) is 0.231. The minimum atomic E-state index is -0.772. The Morgan fingerprint density at radius 2 is 2.11 bits per heavy atom. The average Bonchev–Trinajstić information content (AvgIpc) is 2.27. The van der Waals surface area contributed by atoms with E-state index in [1.807, 2.05) is 0 Å². The second-order valence-corrected chi connectivity index (χ2v) is 3.84. The van der Waals surface area contributed by atoms with E-state index in [2.05, 4.69) is 0 Å². The van der Waals surface area contributed by atoms with Crippen molar-refractivity contribution in [3.63, 3.8) is 0 Å². The van der Waals surface area contributed by atoms with Gasteiger partial charge in [0.05, 0.1) is 6.61 Å². The van der Waals surface area contributed by atoms with E-state index in [1.165, 1.54) is 18.2 Å². The van der Waals surface area contributed by atoms with Gasteiger partial charge in [-0.25, -0.2) is 9.59 Å². The van der Waals surface area contributed by atoms with Gasteiger partial charge in [0, 0.05) is 11.5 Å². The minimum Gasteiger partial charge on any atom is -0.508 e. The second kappa shape index (κ2) is 4.52. The van der Waals surface area contributed by atoms with Gasteiger partial charge in [-0.1, -0.05) is 0 Å². The molecule has 0 radical (unpaired) electrons. The van der Waals surface area contributed by atoms with Crippen LogP contribution in [0.3, 0.4) is 0 Å². The van der Waals surface area contributed by atoms with Crippen molar-refractivity contribution in [1.29, 1.82) is 0 Å². The number of hydrogen-bond acceptors (Lipinski definition) is 5. The van der Waals surface area contributed by atoms with Crippen molar-refractivity contribution in [3.8, 4) is 5.75 Å². The molecule has 0 saturated heterocycles. The highest BCUT2D eigenvalue weighted by atomic mass is 16.5. The second-order valence-electron chi connectivity index (χ2n) is 3.84. The Morgan fingerprint density at radius 3 is 2.78 bits per heavy atom. The zero-order chi connectivity index (χ0) is 13.3. The maximum Gasteiger partial charge on any atom is 0.351 e. The quantitative estimate of drug-likeness (QED) is 0.649. The van der Waals surface area contributed by atoms with Crippen molar-refractivity contribution in [3.05, 3.63) is 39.7 Å². The van der Waals surface area contributed by atoms with Crippen LogP contribution in [0.15, 0.2) is 27.4 Å². The summed E-state index contributed by atoms with van der Waals surface area (Å²) >= 11 is 0. The number of aryl methyl sites for hydroxylation is 1. The molecule has 2 aromatic rings. The third kappa shape index (κ3) is 2.07. The fourth-order valence-electron chi connectivity index (χ4n) is 1.73. The van der Waals surface area contributed by atoms with Crippen LogP contribution < -0.4 is 5.63 Å². The smallest absolute Gasteiger partial charge is 0.351 e. The zero-order valence-corrected chi connectivity index (χ0v) is 10.0. The molecule has 1 heterocycles. The SMILES string of the molecule is CCOC(=O)c1cc2c(C)cc(O)cc2oc1=O. The minimum absolute atomic E-state index is 0.00651. The van der Waals surface area contributed by atoms with Crippen LogP contribution in [0.1, 0.15) is 22.8 Å². The number of carbonyl (C=O) groups is 1. The van der Waals surface area contributed by atoms with Crippen LogP contribution >= 0.6 is 0 Å². The number of benzene rings is 1. The summed E-state index contributed by atoms with van der Waals surface area (Å²) in [5.74, 6) is -0.701. The van der Waals surface area contributed by atoms with Gasteiger partial charge in [0.1, 0.15) is 16.9 Å². The molecule has 1 N–H and O–H groups in total. The highest BCUT2D eigenvalue weighted by molar-refractivity contribution is 5.93. The summed E-state index contributed by atoms with van der Waals surface area (Å²) in [6.45, 7) is 3.59. The lowest BCUT2D eigenvalue weighted by molar-refractivity contribution is 0.0522. The van der Waals surface area contributed by atoms with Crippen molar-refractivity contribution in [1.82, 2.24) is 0 Å². The number of ether oxygens (including phenoxy) is 1. The summed E-state index contributed by atoms with van der Waals surface area (Å²) in [5, 5.41) is 10.0. The van der Waals surface area contributed by atoms with Crippen LogP contribution in [0.25, 0.3) is 11.0 Å². The van der Waals surface area contributed by atoms with Crippen molar-refractivity contribution >= 4 is 16.9 Å². The van der Waals surface area contributed by atoms with Gasteiger partial charge >= 0.3 is 11.6 Å². The summed E-state index contributed by atoms with van der Waals surface area (Å²) in [6, 6.07) is 4.28. The Bertz CT molecular complexity index is 669. The maximum absolute atomic E-state index is 11.6. The third-order valence-corrected chi connectivity index (χ3v) is 2.54. The number of esters is 1. The van der Waals surface area contributed by atoms with Gasteiger partial charge in [0.2, 0.25) is 0 Å². The van der Waals surface area contributed by atoms with Gasteiger partial charge in [-0.15, -0.1) is 0 Å². The van der Waals surface area contributed by atoms with E-state index < -0.39 is 11.6 Å². The van der Waals surface area contributed by atoms with Crippen molar-refractivity contribution in [2.24, 2.45) is 0 Å². The van der Waals surface area contributed by atoms with Crippen molar-refractivity contribution < 1.29 is 19.1 Å². The standard InChI is InChI=1S/C13H12O5/c1-3-17-12(15)10-6-9-7(2)4-8(14)5-11(9)18-13(10)16/h4-6,14H,3H2,1-2H3. The van der Waals surface area contributed by atoms with Crippen LogP contribution in [-0.4, -0.2) is 17.7 Å². The third-order valence-electron chi connectivity index (χ3n) is 2.54. The molecule has 2 rings (SSSR count). The number of fused-ring (bicyclic) bond motifs is 1. The van der Waals surface area contributed by atoms with Crippen LogP contribution in [0.4, 0.5) is 0 Å². The lowest BCUT2D eigenvalue weighted by atomic mass is 10.1. The summed E-state index contributed by atoms with van der Waals surface area (Å²) in [7, 11) is 0. The van der Waals surface area contributed by atoms with Crippen LogP contribution in [0.5, 0.6) is 5.75 Å². The molecule has 1 aromatic heterocycles. The molecule has 94 valence electrons. The molecule has 0 saturated carbocycles. The Morgan fingerprint density at radius 1 is 1.39 bits per heavy atom. The van der Waals surface area contributed by atoms with Gasteiger partial charge in [0.15, 0.2) is 0 Å². The molecule has 5 nitrogen and oxygen atoms in total. The molecule has 1 aromatic carbocycles. The predicted octanol–water partition coefficient (Wildman–Crippen LogP) is 1.98. The van der Waals surface area contributed by atoms with E-state index in [0.29, 0.717) is 10.9 Å². The van der Waals surface area contributed by atoms with Gasteiger partial charge in [-0.05, 0) is 31.5 Å². The lowest BCUT2D eigenvalue weighted by Crippen LogP contribution is -2.16. The summed E-state index contributed by atoms with van der Waals surface area (Å²) < 4.78 is 9.78. The van der Waals surface area contributed by atoms with E-state index >= 15 is 0 Å². The number of phenols is 1. The molecular weight excluding hydrogens is 236 g/mol. The number of hydrogen-bond donors (Lipinski definition) is 1. The van der Waals surface area contributed by atoms with Gasteiger partial charge in [-0.3, -0.25) is 0 Å². The van der Waals surface area contributed by atoms with E-state index in [-0.39, 0.29) is 23.5 Å². The zero-order valence-electron chi connectivity index (χ0n) is 10.0. The van der Waals surface area contributed by atoms with Crippen molar-refractivity contribution in [2.75, 3.05) is 6.61 Å². The lowest BCUT2D eigenvalue weighted by Gasteiger charge is -2.05. The van der Waals surface area contributed by atoms with E-state index in [0.717, 1.165) is 0 Å². The Hall–Kier alpha value is -2.30. The normalized spacial score (nSPS) is 10.6. The van der Waals surface area contributed by atoms with Gasteiger partial charge in [0.25, 0.3) is 0 Å². The molecule has 0 atom stereocenters. The molecule has 0 bridgehead atoms. The molecule has 0 amide bonds. The number of phenolic OH excluding ortho intramolecular Hbond substituents is 1. The first-order valence-electron chi connectivity index (χ1n) is 5.47. The number of carbonyl (C=O) groups excluding carboxylic acids is 1. The van der Waals surface area contributed by atoms with Crippen molar-refractivity contribution in [2.45, 2.75) is 13.8 Å². The Kier molecular flexibility index (Phi) is 3.06. The van der Waals surface area contributed by atoms with Crippen LogP contribution in [0, 0.1) is 6.92 Å². The summed E-state index contributed by atoms with van der Waals surface area (Å²) in [5.41, 5.74) is 0.0361. The Labute approximate surface area is 103 Å². The van der Waals surface area contributed by atoms with E-state index in [4.69, 9.17) is 9.15 Å². The Balaban J connectivity index is 2.69.